The smallest absolute Gasteiger partial charge is 0.101 e. The van der Waals surface area contributed by atoms with Crippen molar-refractivity contribution in [3.05, 3.63) is 194 Å². The van der Waals surface area contributed by atoms with Gasteiger partial charge in [-0.05, 0) is 27.3 Å². The monoisotopic (exact) mass is 635 g/mol. The molecule has 0 amide bonds. The van der Waals surface area contributed by atoms with Crippen LogP contribution in [0.3, 0.4) is 0 Å². The van der Waals surface area contributed by atoms with Crippen LogP contribution in [-0.2, 0) is 0 Å². The van der Waals surface area contributed by atoms with Crippen LogP contribution in [0.25, 0.3) is 0 Å². The minimum absolute atomic E-state index is 0.899. The standard InChI is InChI=1S/C39H32N3P3/c1-7-19-32(20-8-1)43(33-21-9-2-10-22-33)38-31-39(44(34-23-11-3-12-24-34)35-25-13-4-14-26-35)41-42(40-38)45(36-27-15-5-16-28-36)37-29-17-6-18-30-37/h1-31,40H. The third-order valence-electron chi connectivity index (χ3n) is 7.40. The largest absolute Gasteiger partial charge is 0.278 e. The molecule has 1 aliphatic rings. The maximum absolute atomic E-state index is 5.54. The molecule has 0 radical (unpaired) electrons. The van der Waals surface area contributed by atoms with Crippen molar-refractivity contribution in [3.8, 4) is 0 Å². The Morgan fingerprint density at radius 3 is 1.04 bits per heavy atom. The molecule has 218 valence electrons. The molecule has 0 atom stereocenters. The molecule has 6 aromatic carbocycles. The van der Waals surface area contributed by atoms with Crippen LogP contribution in [0.1, 0.15) is 0 Å². The Kier molecular flexibility index (Phi) is 9.23. The molecule has 1 N–H and O–H groups in total. The molecule has 6 aromatic rings. The van der Waals surface area contributed by atoms with Gasteiger partial charge in [0.25, 0.3) is 0 Å². The lowest BCUT2D eigenvalue weighted by molar-refractivity contribution is 0.414. The van der Waals surface area contributed by atoms with Crippen LogP contribution in [0.5, 0.6) is 0 Å². The number of rotatable bonds is 9. The summed E-state index contributed by atoms with van der Waals surface area (Å²) in [5.41, 5.74) is 6.16. The molecular weight excluding hydrogens is 603 g/mol. The molecule has 3 nitrogen and oxygen atoms in total. The van der Waals surface area contributed by atoms with E-state index in [-0.39, 0.29) is 0 Å². The second-order valence-corrected chi connectivity index (χ2v) is 16.8. The minimum Gasteiger partial charge on any atom is -0.278 e. The first-order valence-electron chi connectivity index (χ1n) is 14.9. The van der Waals surface area contributed by atoms with E-state index < -0.39 is 23.9 Å². The maximum atomic E-state index is 5.54. The highest BCUT2D eigenvalue weighted by Crippen LogP contribution is 2.49. The summed E-state index contributed by atoms with van der Waals surface area (Å²) < 4.78 is 0. The van der Waals surface area contributed by atoms with Gasteiger partial charge in [0, 0.05) is 26.5 Å². The first-order valence-corrected chi connectivity index (χ1v) is 18.9. The van der Waals surface area contributed by atoms with Gasteiger partial charge in [-0.1, -0.05) is 182 Å². The Bertz CT molecular complexity index is 1750. The normalized spacial score (nSPS) is 13.0. The van der Waals surface area contributed by atoms with E-state index in [1.54, 1.807) is 0 Å². The van der Waals surface area contributed by atoms with Gasteiger partial charge in [0.1, 0.15) is 8.07 Å². The van der Waals surface area contributed by atoms with Gasteiger partial charge >= 0.3 is 0 Å². The summed E-state index contributed by atoms with van der Waals surface area (Å²) >= 11 is 0. The third kappa shape index (κ3) is 6.68. The lowest BCUT2D eigenvalue weighted by Gasteiger charge is -2.37. The van der Waals surface area contributed by atoms with Gasteiger partial charge in [0.2, 0.25) is 0 Å². The third-order valence-corrected chi connectivity index (χ3v) is 14.2. The average molecular weight is 636 g/mol. The van der Waals surface area contributed by atoms with E-state index in [2.05, 4.69) is 198 Å². The van der Waals surface area contributed by atoms with Crippen molar-refractivity contribution in [1.29, 1.82) is 0 Å². The predicted octanol–water partition coefficient (Wildman–Crippen LogP) is 7.28. The Labute approximate surface area is 269 Å². The zero-order valence-electron chi connectivity index (χ0n) is 24.6. The van der Waals surface area contributed by atoms with Crippen LogP contribution in [0, 0.1) is 0 Å². The molecule has 7 rings (SSSR count). The van der Waals surface area contributed by atoms with E-state index in [1.165, 1.54) is 37.3 Å². The number of hydrazone groups is 1. The second-order valence-electron chi connectivity index (χ2n) is 10.4. The number of allylic oxidation sites excluding steroid dienone is 1. The van der Waals surface area contributed by atoms with Crippen LogP contribution in [0.2, 0.25) is 0 Å². The summed E-state index contributed by atoms with van der Waals surface area (Å²) in [6, 6.07) is 65.1. The highest BCUT2D eigenvalue weighted by Gasteiger charge is 2.32. The molecule has 6 heteroatoms. The quantitative estimate of drug-likeness (QED) is 0.169. The Morgan fingerprint density at radius 1 is 0.378 bits per heavy atom. The van der Waals surface area contributed by atoms with Crippen molar-refractivity contribution in [2.45, 2.75) is 0 Å². The first kappa shape index (κ1) is 29.3. The van der Waals surface area contributed by atoms with Crippen molar-refractivity contribution >= 4 is 61.2 Å². The molecule has 1 heterocycles. The van der Waals surface area contributed by atoms with Gasteiger partial charge in [-0.15, -0.1) is 0 Å². The molecule has 0 unspecified atom stereocenters. The lowest BCUT2D eigenvalue weighted by atomic mass is 10.4. The van der Waals surface area contributed by atoms with Crippen LogP contribution in [0.15, 0.2) is 199 Å². The van der Waals surface area contributed by atoms with Crippen LogP contribution in [0.4, 0.5) is 0 Å². The van der Waals surface area contributed by atoms with E-state index in [0.717, 1.165) is 5.45 Å². The van der Waals surface area contributed by atoms with Crippen LogP contribution < -0.4 is 37.3 Å². The predicted molar refractivity (Wildman–Crippen MR) is 198 cm³/mol. The molecule has 0 aromatic heterocycles. The number of hydrogen-bond donors (Lipinski definition) is 1. The molecule has 1 aliphatic heterocycles. The zero-order chi connectivity index (χ0) is 30.3. The molecule has 0 bridgehead atoms. The van der Waals surface area contributed by atoms with Crippen molar-refractivity contribution in [3.63, 3.8) is 0 Å². The van der Waals surface area contributed by atoms with E-state index >= 15 is 0 Å². The number of nitrogens with zero attached hydrogens (tertiary/aromatic N) is 2. The Balaban J connectivity index is 1.45. The molecule has 45 heavy (non-hydrogen) atoms. The fourth-order valence-corrected chi connectivity index (χ4v) is 12.1. The molecule has 0 saturated carbocycles. The summed E-state index contributed by atoms with van der Waals surface area (Å²) in [5, 5.41) is 13.2. The minimum atomic E-state index is -1.03. The van der Waals surface area contributed by atoms with Crippen molar-refractivity contribution in [1.82, 2.24) is 10.3 Å². The van der Waals surface area contributed by atoms with Crippen LogP contribution >= 0.6 is 23.9 Å². The van der Waals surface area contributed by atoms with Gasteiger partial charge in [-0.2, -0.15) is 9.99 Å². The zero-order valence-corrected chi connectivity index (χ0v) is 27.3. The van der Waals surface area contributed by atoms with Crippen LogP contribution in [-0.4, -0.2) is 10.3 Å². The fraction of sp³-hybridized carbons (Fsp3) is 0. The van der Waals surface area contributed by atoms with E-state index in [9.17, 15) is 0 Å². The van der Waals surface area contributed by atoms with Gasteiger partial charge in [-0.25, -0.2) is 0 Å². The fourth-order valence-electron chi connectivity index (χ4n) is 5.38. The number of benzene rings is 6. The van der Waals surface area contributed by atoms with Crippen molar-refractivity contribution < 1.29 is 0 Å². The number of hydrazine groups is 1. The van der Waals surface area contributed by atoms with E-state index in [0.29, 0.717) is 0 Å². The average Bonchev–Trinajstić information content (AvgIpc) is 3.12. The first-order chi connectivity index (χ1) is 22.3. The summed E-state index contributed by atoms with van der Waals surface area (Å²) in [6.07, 6.45) is 2.34. The number of nitrogens with one attached hydrogen (secondary N) is 1. The van der Waals surface area contributed by atoms with E-state index in [4.69, 9.17) is 5.10 Å². The van der Waals surface area contributed by atoms with E-state index in [1.807, 2.05) is 0 Å². The molecule has 0 aliphatic carbocycles. The summed E-state index contributed by atoms with van der Waals surface area (Å²) in [7, 11) is -2.87. The highest BCUT2D eigenvalue weighted by atomic mass is 31.1. The topological polar surface area (TPSA) is 27.6 Å². The summed E-state index contributed by atoms with van der Waals surface area (Å²) in [6.45, 7) is 0. The van der Waals surface area contributed by atoms with Gasteiger partial charge in [-0.3, -0.25) is 5.43 Å². The highest BCUT2D eigenvalue weighted by molar-refractivity contribution is 7.88. The summed E-state index contributed by atoms with van der Waals surface area (Å²) in [4.78, 5) is 2.17. The molecular formula is C39H32N3P3. The number of hydrogen-bond acceptors (Lipinski definition) is 3. The molecule has 0 spiro atoms. The Morgan fingerprint density at radius 2 is 0.689 bits per heavy atom. The lowest BCUT2D eigenvalue weighted by Crippen LogP contribution is -2.40. The maximum Gasteiger partial charge on any atom is 0.101 e. The molecule has 0 saturated heterocycles. The van der Waals surface area contributed by atoms with Crippen molar-refractivity contribution in [2.24, 2.45) is 5.10 Å². The summed E-state index contributed by atoms with van der Waals surface area (Å²) in [5.74, 6) is 0. The van der Waals surface area contributed by atoms with Gasteiger partial charge in [0.05, 0.1) is 10.9 Å². The molecule has 0 fully saturated rings. The van der Waals surface area contributed by atoms with Gasteiger partial charge in [0.15, 0.2) is 0 Å². The second kappa shape index (κ2) is 14.2. The van der Waals surface area contributed by atoms with Crippen molar-refractivity contribution in [2.75, 3.05) is 0 Å². The van der Waals surface area contributed by atoms with Gasteiger partial charge < -0.3 is 0 Å². The SMILES string of the molecule is C1=C(P(c2ccccc2)c2ccccc2)NN(P(c2ccccc2)c2ccccc2)N=C1P(c1ccccc1)c1ccccc1. The Hall–Kier alpha value is -4.38.